The highest BCUT2D eigenvalue weighted by Crippen LogP contribution is 2.68. The van der Waals surface area contributed by atoms with Crippen LogP contribution in [0.5, 0.6) is 0 Å². The molecule has 1 heterocycles. The van der Waals surface area contributed by atoms with Crippen LogP contribution in [0.25, 0.3) is 11.4 Å². The highest BCUT2D eigenvalue weighted by Gasteiger charge is 2.64. The van der Waals surface area contributed by atoms with E-state index in [1.165, 1.54) is 0 Å². The van der Waals surface area contributed by atoms with Crippen LogP contribution in [-0.4, -0.2) is 20.2 Å². The number of rotatable bonds is 3. The molecule has 1 fully saturated rings. The molecular formula is C15H20BrN5. The maximum atomic E-state index is 5.91. The van der Waals surface area contributed by atoms with Crippen molar-refractivity contribution in [1.29, 1.82) is 0 Å². The van der Waals surface area contributed by atoms with E-state index < -0.39 is 0 Å². The van der Waals surface area contributed by atoms with E-state index in [-0.39, 0.29) is 0 Å². The predicted molar refractivity (Wildman–Crippen MR) is 86.4 cm³/mol. The van der Waals surface area contributed by atoms with E-state index >= 15 is 0 Å². The van der Waals surface area contributed by atoms with Crippen molar-refractivity contribution in [2.45, 2.75) is 34.2 Å². The molecule has 1 aromatic carbocycles. The predicted octanol–water partition coefficient (Wildman–Crippen LogP) is 3.37. The first kappa shape index (κ1) is 14.5. The third-order valence-corrected chi connectivity index (χ3v) is 5.84. The highest BCUT2D eigenvalue weighted by molar-refractivity contribution is 9.10. The minimum atomic E-state index is 0.312. The van der Waals surface area contributed by atoms with Gasteiger partial charge in [-0.25, -0.2) is 4.68 Å². The zero-order valence-electron chi connectivity index (χ0n) is 12.8. The highest BCUT2D eigenvalue weighted by atomic mass is 79.9. The second-order valence-corrected chi connectivity index (χ2v) is 7.87. The summed E-state index contributed by atoms with van der Waals surface area (Å²) in [7, 11) is 0. The van der Waals surface area contributed by atoms with Gasteiger partial charge < -0.3 is 5.73 Å². The topological polar surface area (TPSA) is 69.6 Å². The van der Waals surface area contributed by atoms with E-state index in [0.717, 1.165) is 22.4 Å². The van der Waals surface area contributed by atoms with Crippen molar-refractivity contribution in [3.05, 3.63) is 22.7 Å². The van der Waals surface area contributed by atoms with Crippen molar-refractivity contribution in [2.24, 2.45) is 16.7 Å². The largest absolute Gasteiger partial charge is 0.399 e. The number of halogens is 1. The van der Waals surface area contributed by atoms with E-state index in [4.69, 9.17) is 5.73 Å². The Labute approximate surface area is 133 Å². The quantitative estimate of drug-likeness (QED) is 0.862. The van der Waals surface area contributed by atoms with Gasteiger partial charge in [-0.05, 0) is 45.4 Å². The van der Waals surface area contributed by atoms with Gasteiger partial charge >= 0.3 is 0 Å². The molecule has 2 aromatic rings. The zero-order chi connectivity index (χ0) is 15.4. The van der Waals surface area contributed by atoms with Crippen LogP contribution < -0.4 is 5.73 Å². The molecule has 0 atom stereocenters. The number of aromatic nitrogens is 4. The van der Waals surface area contributed by atoms with Gasteiger partial charge in [0, 0.05) is 22.3 Å². The van der Waals surface area contributed by atoms with E-state index in [0.29, 0.717) is 22.4 Å². The molecule has 5 nitrogen and oxygen atoms in total. The van der Waals surface area contributed by atoms with E-state index in [1.54, 1.807) is 0 Å². The Morgan fingerprint density at radius 1 is 1.19 bits per heavy atom. The second-order valence-electron chi connectivity index (χ2n) is 6.95. The van der Waals surface area contributed by atoms with Gasteiger partial charge in [-0.3, -0.25) is 0 Å². The summed E-state index contributed by atoms with van der Waals surface area (Å²) in [5.41, 5.74) is 8.16. The monoisotopic (exact) mass is 349 g/mol. The summed E-state index contributed by atoms with van der Waals surface area (Å²) in [6, 6.07) is 5.75. The number of nitrogens with zero attached hydrogens (tertiary/aromatic N) is 4. The number of tetrazole rings is 1. The third kappa shape index (κ3) is 2.25. The summed E-state index contributed by atoms with van der Waals surface area (Å²) in [6.07, 6.45) is 0. The first-order chi connectivity index (χ1) is 9.73. The lowest BCUT2D eigenvalue weighted by Gasteiger charge is -2.07. The van der Waals surface area contributed by atoms with Gasteiger partial charge in [-0.1, -0.05) is 43.6 Å². The Kier molecular flexibility index (Phi) is 3.13. The molecule has 2 N–H and O–H groups in total. The molecule has 6 heteroatoms. The van der Waals surface area contributed by atoms with Crippen LogP contribution in [0.1, 0.15) is 27.7 Å². The van der Waals surface area contributed by atoms with Crippen LogP contribution in [0.2, 0.25) is 0 Å². The van der Waals surface area contributed by atoms with Crippen molar-refractivity contribution in [3.8, 4) is 11.4 Å². The van der Waals surface area contributed by atoms with Gasteiger partial charge in [0.05, 0.1) is 0 Å². The molecule has 0 saturated heterocycles. The molecule has 0 spiro atoms. The molecule has 0 radical (unpaired) electrons. The Hall–Kier alpha value is -1.43. The number of hydrogen-bond acceptors (Lipinski definition) is 4. The van der Waals surface area contributed by atoms with Gasteiger partial charge in [-0.2, -0.15) is 0 Å². The fourth-order valence-electron chi connectivity index (χ4n) is 3.24. The molecule has 0 unspecified atom stereocenters. The first-order valence-electron chi connectivity index (χ1n) is 7.06. The van der Waals surface area contributed by atoms with Crippen molar-refractivity contribution >= 4 is 21.6 Å². The molecular weight excluding hydrogens is 330 g/mol. The minimum Gasteiger partial charge on any atom is -0.399 e. The number of benzene rings is 1. The minimum absolute atomic E-state index is 0.312. The van der Waals surface area contributed by atoms with Crippen molar-refractivity contribution in [3.63, 3.8) is 0 Å². The summed E-state index contributed by atoms with van der Waals surface area (Å²) in [4.78, 5) is 0. The summed E-state index contributed by atoms with van der Waals surface area (Å²) in [5.74, 6) is 1.33. The van der Waals surface area contributed by atoms with Crippen LogP contribution in [-0.2, 0) is 6.54 Å². The maximum Gasteiger partial charge on any atom is 0.182 e. The zero-order valence-corrected chi connectivity index (χ0v) is 14.3. The Morgan fingerprint density at radius 3 is 2.43 bits per heavy atom. The molecule has 1 aliphatic rings. The van der Waals surface area contributed by atoms with Crippen LogP contribution >= 0.6 is 15.9 Å². The van der Waals surface area contributed by atoms with E-state index in [9.17, 15) is 0 Å². The van der Waals surface area contributed by atoms with Gasteiger partial charge in [0.1, 0.15) is 0 Å². The normalized spacial score (nSPS) is 19.7. The maximum absolute atomic E-state index is 5.91. The summed E-state index contributed by atoms with van der Waals surface area (Å²) in [6.45, 7) is 10.0. The van der Waals surface area contributed by atoms with E-state index in [1.807, 2.05) is 22.9 Å². The molecule has 0 amide bonds. The summed E-state index contributed by atoms with van der Waals surface area (Å²) in [5, 5.41) is 12.2. The Balaban J connectivity index is 1.92. The van der Waals surface area contributed by atoms with Crippen molar-refractivity contribution in [2.75, 3.05) is 5.73 Å². The second kappa shape index (κ2) is 4.53. The number of nitrogens with two attached hydrogens (primary N) is 1. The Morgan fingerprint density at radius 2 is 1.86 bits per heavy atom. The Bertz CT molecular complexity index is 655. The molecule has 3 rings (SSSR count). The average molecular weight is 350 g/mol. The SMILES string of the molecule is CC1(C)C(Cn2nnnc2-c2cc(N)cc(Br)c2)C1(C)C. The van der Waals surface area contributed by atoms with Crippen molar-refractivity contribution in [1.82, 2.24) is 20.2 Å². The molecule has 112 valence electrons. The smallest absolute Gasteiger partial charge is 0.182 e. The molecule has 1 aliphatic carbocycles. The lowest BCUT2D eigenvalue weighted by molar-refractivity contribution is 0.457. The number of hydrogen-bond donors (Lipinski definition) is 1. The third-order valence-electron chi connectivity index (χ3n) is 5.39. The molecule has 21 heavy (non-hydrogen) atoms. The first-order valence-corrected chi connectivity index (χ1v) is 7.85. The lowest BCUT2D eigenvalue weighted by atomic mass is 10.0. The molecule has 0 bridgehead atoms. The van der Waals surface area contributed by atoms with Crippen molar-refractivity contribution < 1.29 is 0 Å². The molecule has 1 saturated carbocycles. The van der Waals surface area contributed by atoms with Gasteiger partial charge in [-0.15, -0.1) is 5.10 Å². The fraction of sp³-hybridized carbons (Fsp3) is 0.533. The van der Waals surface area contributed by atoms with Crippen LogP contribution in [0, 0.1) is 16.7 Å². The molecule has 1 aromatic heterocycles. The van der Waals surface area contributed by atoms with Gasteiger partial charge in [0.25, 0.3) is 0 Å². The lowest BCUT2D eigenvalue weighted by Crippen LogP contribution is -2.08. The summed E-state index contributed by atoms with van der Waals surface area (Å²) >= 11 is 3.46. The molecule has 0 aliphatic heterocycles. The van der Waals surface area contributed by atoms with Crippen LogP contribution in [0.15, 0.2) is 22.7 Å². The van der Waals surface area contributed by atoms with Gasteiger partial charge in [0.2, 0.25) is 0 Å². The van der Waals surface area contributed by atoms with Crippen LogP contribution in [0.4, 0.5) is 5.69 Å². The average Bonchev–Trinajstić information content (AvgIpc) is 2.72. The number of anilines is 1. The van der Waals surface area contributed by atoms with Crippen LogP contribution in [0.3, 0.4) is 0 Å². The van der Waals surface area contributed by atoms with Gasteiger partial charge in [0.15, 0.2) is 5.82 Å². The summed E-state index contributed by atoms with van der Waals surface area (Å²) < 4.78 is 2.82. The number of nitrogen functional groups attached to an aromatic ring is 1. The van der Waals surface area contributed by atoms with E-state index in [2.05, 4.69) is 59.2 Å². The standard InChI is InChI=1S/C15H20BrN5/c1-14(2)12(15(14,3)4)8-21-13(18-19-20-21)9-5-10(16)7-11(17)6-9/h5-7,12H,8,17H2,1-4H3. The fourth-order valence-corrected chi connectivity index (χ4v) is 3.75.